The molecule has 1 unspecified atom stereocenters. The summed E-state index contributed by atoms with van der Waals surface area (Å²) in [7, 11) is 1.59. The lowest BCUT2D eigenvalue weighted by Crippen LogP contribution is -2.42. The van der Waals surface area contributed by atoms with Crippen LogP contribution in [0.1, 0.15) is 5.56 Å². The SMILES string of the molecule is COCCNC(=O)CNC(CO)Cc1ccccc1. The Labute approximate surface area is 114 Å². The lowest BCUT2D eigenvalue weighted by atomic mass is 10.1. The molecule has 0 spiro atoms. The zero-order valence-electron chi connectivity index (χ0n) is 11.3. The van der Waals surface area contributed by atoms with Crippen LogP contribution in [0.5, 0.6) is 0 Å². The Bertz CT molecular complexity index is 357. The largest absolute Gasteiger partial charge is 0.395 e. The molecular formula is C14H22N2O3. The van der Waals surface area contributed by atoms with E-state index in [1.165, 1.54) is 0 Å². The molecule has 0 aromatic heterocycles. The molecule has 0 saturated carbocycles. The van der Waals surface area contributed by atoms with Gasteiger partial charge in [-0.05, 0) is 12.0 Å². The van der Waals surface area contributed by atoms with Gasteiger partial charge in [-0.1, -0.05) is 30.3 Å². The molecule has 1 atom stereocenters. The first kappa shape index (κ1) is 15.6. The fourth-order valence-electron chi connectivity index (χ4n) is 1.69. The highest BCUT2D eigenvalue weighted by molar-refractivity contribution is 5.77. The molecule has 0 heterocycles. The molecule has 19 heavy (non-hydrogen) atoms. The molecule has 1 aromatic rings. The van der Waals surface area contributed by atoms with Crippen molar-refractivity contribution >= 4 is 5.91 Å². The van der Waals surface area contributed by atoms with Gasteiger partial charge in [0.1, 0.15) is 0 Å². The average molecular weight is 266 g/mol. The van der Waals surface area contributed by atoms with Gasteiger partial charge in [0.2, 0.25) is 5.91 Å². The first-order chi connectivity index (χ1) is 9.26. The molecule has 1 amide bonds. The van der Waals surface area contributed by atoms with Gasteiger partial charge in [-0.2, -0.15) is 0 Å². The van der Waals surface area contributed by atoms with Gasteiger partial charge in [0.25, 0.3) is 0 Å². The van der Waals surface area contributed by atoms with Crippen molar-refractivity contribution in [3.63, 3.8) is 0 Å². The van der Waals surface area contributed by atoms with Crippen LogP contribution in [0.4, 0.5) is 0 Å². The molecule has 0 bridgehead atoms. The van der Waals surface area contributed by atoms with E-state index >= 15 is 0 Å². The molecule has 1 rings (SSSR count). The van der Waals surface area contributed by atoms with Crippen molar-refractivity contribution in [3.05, 3.63) is 35.9 Å². The molecule has 0 radical (unpaired) electrons. The Balaban J connectivity index is 2.27. The predicted octanol–water partition coefficient (Wildman–Crippen LogP) is -0.0578. The van der Waals surface area contributed by atoms with Crippen molar-refractivity contribution in [2.24, 2.45) is 0 Å². The van der Waals surface area contributed by atoms with Gasteiger partial charge in [0.15, 0.2) is 0 Å². The Hall–Kier alpha value is -1.43. The molecule has 0 aliphatic heterocycles. The van der Waals surface area contributed by atoms with Crippen LogP contribution in [-0.2, 0) is 16.0 Å². The van der Waals surface area contributed by atoms with Gasteiger partial charge in [-0.3, -0.25) is 4.79 Å². The number of carbonyl (C=O) groups is 1. The van der Waals surface area contributed by atoms with Gasteiger partial charge in [-0.25, -0.2) is 0 Å². The predicted molar refractivity (Wildman–Crippen MR) is 73.9 cm³/mol. The molecule has 3 N–H and O–H groups in total. The van der Waals surface area contributed by atoms with Crippen LogP contribution in [0.3, 0.4) is 0 Å². The maximum Gasteiger partial charge on any atom is 0.234 e. The molecule has 5 heteroatoms. The highest BCUT2D eigenvalue weighted by atomic mass is 16.5. The quantitative estimate of drug-likeness (QED) is 0.548. The summed E-state index contributed by atoms with van der Waals surface area (Å²) in [5.74, 6) is -0.0939. The van der Waals surface area contributed by atoms with Gasteiger partial charge >= 0.3 is 0 Å². The zero-order chi connectivity index (χ0) is 13.9. The number of amides is 1. The van der Waals surface area contributed by atoms with Crippen molar-refractivity contribution in [2.45, 2.75) is 12.5 Å². The Morgan fingerprint density at radius 3 is 2.74 bits per heavy atom. The van der Waals surface area contributed by atoms with E-state index in [2.05, 4.69) is 10.6 Å². The minimum atomic E-state index is -0.115. The van der Waals surface area contributed by atoms with E-state index in [4.69, 9.17) is 4.74 Å². The van der Waals surface area contributed by atoms with Crippen molar-refractivity contribution in [2.75, 3.05) is 33.4 Å². The maximum absolute atomic E-state index is 11.5. The first-order valence-electron chi connectivity index (χ1n) is 6.40. The number of ether oxygens (including phenoxy) is 1. The molecule has 0 fully saturated rings. The third-order valence-corrected chi connectivity index (χ3v) is 2.72. The van der Waals surface area contributed by atoms with Crippen LogP contribution in [0.25, 0.3) is 0 Å². The van der Waals surface area contributed by atoms with Gasteiger partial charge in [0.05, 0.1) is 19.8 Å². The second-order valence-corrected chi connectivity index (χ2v) is 4.29. The standard InChI is InChI=1S/C14H22N2O3/c1-19-8-7-15-14(18)10-16-13(11-17)9-12-5-3-2-4-6-12/h2-6,13,16-17H,7-11H2,1H3,(H,15,18). The zero-order valence-corrected chi connectivity index (χ0v) is 11.3. The summed E-state index contributed by atoms with van der Waals surface area (Å²) in [6, 6.07) is 9.76. The van der Waals surface area contributed by atoms with Crippen LogP contribution in [0, 0.1) is 0 Å². The van der Waals surface area contributed by atoms with Crippen LogP contribution < -0.4 is 10.6 Å². The molecule has 0 saturated heterocycles. The van der Waals surface area contributed by atoms with Crippen molar-refractivity contribution in [1.82, 2.24) is 10.6 Å². The molecule has 0 aliphatic carbocycles. The number of aliphatic hydroxyl groups excluding tert-OH is 1. The van der Waals surface area contributed by atoms with E-state index in [0.717, 1.165) is 5.56 Å². The monoisotopic (exact) mass is 266 g/mol. The van der Waals surface area contributed by atoms with E-state index < -0.39 is 0 Å². The Morgan fingerprint density at radius 1 is 1.37 bits per heavy atom. The number of benzene rings is 1. The lowest BCUT2D eigenvalue weighted by Gasteiger charge is -2.16. The van der Waals surface area contributed by atoms with Crippen LogP contribution in [-0.4, -0.2) is 50.5 Å². The third kappa shape index (κ3) is 6.91. The van der Waals surface area contributed by atoms with E-state index in [9.17, 15) is 9.90 Å². The Kier molecular flexibility index (Phi) is 7.81. The fourth-order valence-corrected chi connectivity index (χ4v) is 1.69. The van der Waals surface area contributed by atoms with Crippen LogP contribution >= 0.6 is 0 Å². The van der Waals surface area contributed by atoms with Gasteiger partial charge < -0.3 is 20.5 Å². The number of carbonyl (C=O) groups excluding carboxylic acids is 1. The fraction of sp³-hybridized carbons (Fsp3) is 0.500. The number of methoxy groups -OCH3 is 1. The number of nitrogens with one attached hydrogen (secondary N) is 2. The molecule has 5 nitrogen and oxygen atoms in total. The van der Waals surface area contributed by atoms with Crippen LogP contribution in [0.2, 0.25) is 0 Å². The van der Waals surface area contributed by atoms with Gasteiger partial charge in [-0.15, -0.1) is 0 Å². The van der Waals surface area contributed by atoms with Crippen molar-refractivity contribution < 1.29 is 14.6 Å². The van der Waals surface area contributed by atoms with Crippen molar-refractivity contribution in [3.8, 4) is 0 Å². The summed E-state index contributed by atoms with van der Waals surface area (Å²) in [6.07, 6.45) is 0.697. The number of rotatable bonds is 9. The maximum atomic E-state index is 11.5. The summed E-state index contributed by atoms with van der Waals surface area (Å²) in [4.78, 5) is 11.5. The second-order valence-electron chi connectivity index (χ2n) is 4.29. The minimum absolute atomic E-state index is 0.000243. The highest BCUT2D eigenvalue weighted by Crippen LogP contribution is 2.02. The average Bonchev–Trinajstić information content (AvgIpc) is 2.45. The first-order valence-corrected chi connectivity index (χ1v) is 6.40. The van der Waals surface area contributed by atoms with Gasteiger partial charge in [0, 0.05) is 19.7 Å². The van der Waals surface area contributed by atoms with E-state index in [1.54, 1.807) is 7.11 Å². The third-order valence-electron chi connectivity index (χ3n) is 2.72. The molecule has 0 aliphatic rings. The minimum Gasteiger partial charge on any atom is -0.395 e. The summed E-state index contributed by atoms with van der Waals surface area (Å²) in [5.41, 5.74) is 1.13. The van der Waals surface area contributed by atoms with E-state index in [-0.39, 0.29) is 25.1 Å². The van der Waals surface area contributed by atoms with E-state index in [0.29, 0.717) is 19.6 Å². The van der Waals surface area contributed by atoms with E-state index in [1.807, 2.05) is 30.3 Å². The number of hydrogen-bond donors (Lipinski definition) is 3. The molecule has 1 aromatic carbocycles. The molecule has 106 valence electrons. The molecular weight excluding hydrogens is 244 g/mol. The highest BCUT2D eigenvalue weighted by Gasteiger charge is 2.09. The summed E-state index contributed by atoms with van der Waals surface area (Å²) in [5, 5.41) is 15.1. The summed E-state index contributed by atoms with van der Waals surface area (Å²) in [6.45, 7) is 1.20. The van der Waals surface area contributed by atoms with Crippen LogP contribution in [0.15, 0.2) is 30.3 Å². The topological polar surface area (TPSA) is 70.6 Å². The lowest BCUT2D eigenvalue weighted by molar-refractivity contribution is -0.120. The number of hydrogen-bond acceptors (Lipinski definition) is 4. The summed E-state index contributed by atoms with van der Waals surface area (Å²) < 4.78 is 4.84. The second kappa shape index (κ2) is 9.49. The Morgan fingerprint density at radius 2 is 2.11 bits per heavy atom. The van der Waals surface area contributed by atoms with Crippen molar-refractivity contribution in [1.29, 1.82) is 0 Å². The normalized spacial score (nSPS) is 12.1. The number of aliphatic hydroxyl groups is 1. The smallest absolute Gasteiger partial charge is 0.234 e. The summed E-state index contributed by atoms with van der Waals surface area (Å²) >= 11 is 0.